The van der Waals surface area contributed by atoms with Crippen molar-refractivity contribution in [2.45, 2.75) is 31.7 Å². The number of nitrogens with zero attached hydrogens (tertiary/aromatic N) is 1. The van der Waals surface area contributed by atoms with Crippen LogP contribution in [0.2, 0.25) is 0 Å². The third-order valence-electron chi connectivity index (χ3n) is 2.89. The van der Waals surface area contributed by atoms with E-state index in [1.165, 1.54) is 12.8 Å². The first-order chi connectivity index (χ1) is 9.07. The summed E-state index contributed by atoms with van der Waals surface area (Å²) in [7, 11) is -3.28. The molecule has 0 unspecified atom stereocenters. The predicted octanol–water partition coefficient (Wildman–Crippen LogP) is 2.12. The number of unbranched alkanes of at least 4 members (excludes halogenated alkanes) is 1. The number of anilines is 1. The molecule has 1 saturated carbocycles. The minimum absolute atomic E-state index is 0.147. The molecule has 5 nitrogen and oxygen atoms in total. The summed E-state index contributed by atoms with van der Waals surface area (Å²) in [5, 5.41) is 3.37. The van der Waals surface area contributed by atoms with Crippen LogP contribution in [0, 0.1) is 0 Å². The van der Waals surface area contributed by atoms with Crippen molar-refractivity contribution in [3.8, 4) is 0 Å². The maximum absolute atomic E-state index is 11.9. The van der Waals surface area contributed by atoms with Crippen molar-refractivity contribution < 1.29 is 8.42 Å². The van der Waals surface area contributed by atoms with Gasteiger partial charge in [-0.2, -0.15) is 0 Å². The van der Waals surface area contributed by atoms with Gasteiger partial charge in [0.05, 0.1) is 15.9 Å². The first kappa shape index (κ1) is 14.7. The zero-order valence-electron chi connectivity index (χ0n) is 10.6. The Morgan fingerprint density at radius 1 is 1.37 bits per heavy atom. The molecule has 1 aliphatic rings. The van der Waals surface area contributed by atoms with Crippen molar-refractivity contribution in [1.29, 1.82) is 0 Å². The van der Waals surface area contributed by atoms with Gasteiger partial charge in [0.1, 0.15) is 0 Å². The summed E-state index contributed by atoms with van der Waals surface area (Å²) in [6.45, 7) is 0.902. The minimum atomic E-state index is -3.28. The van der Waals surface area contributed by atoms with E-state index < -0.39 is 10.0 Å². The summed E-state index contributed by atoms with van der Waals surface area (Å²) >= 11 is 3.27. The SMILES string of the molecule is O=S(=O)(CCCCNC1CC1)Nc1ccncc1Br. The lowest BCUT2D eigenvalue weighted by Crippen LogP contribution is -2.20. The number of pyridine rings is 1. The molecular weight excluding hydrogens is 330 g/mol. The largest absolute Gasteiger partial charge is 0.314 e. The minimum Gasteiger partial charge on any atom is -0.314 e. The standard InChI is InChI=1S/C12H18BrN3O2S/c13-11-9-14-7-5-12(11)16-19(17,18)8-2-1-6-15-10-3-4-10/h5,7,9-10,15H,1-4,6,8H2,(H,14,16). The van der Waals surface area contributed by atoms with E-state index in [2.05, 4.69) is 31.0 Å². The van der Waals surface area contributed by atoms with E-state index in [9.17, 15) is 8.42 Å². The lowest BCUT2D eigenvalue weighted by atomic mass is 10.3. The van der Waals surface area contributed by atoms with Crippen molar-refractivity contribution in [3.05, 3.63) is 22.9 Å². The van der Waals surface area contributed by atoms with Crippen molar-refractivity contribution >= 4 is 31.6 Å². The summed E-state index contributed by atoms with van der Waals surface area (Å²) < 4.78 is 27.0. The van der Waals surface area contributed by atoms with E-state index in [4.69, 9.17) is 0 Å². The molecule has 0 spiro atoms. The van der Waals surface area contributed by atoms with Crippen LogP contribution in [0.25, 0.3) is 0 Å². The van der Waals surface area contributed by atoms with Gasteiger partial charge in [-0.1, -0.05) is 0 Å². The summed E-state index contributed by atoms with van der Waals surface area (Å²) in [5.74, 6) is 0.147. The van der Waals surface area contributed by atoms with Crippen LogP contribution in [0.1, 0.15) is 25.7 Å². The first-order valence-electron chi connectivity index (χ1n) is 6.40. The highest BCUT2D eigenvalue weighted by Crippen LogP contribution is 2.21. The second-order valence-corrected chi connectivity index (χ2v) is 7.41. The Kier molecular flexibility index (Phi) is 5.18. The molecule has 1 aliphatic carbocycles. The lowest BCUT2D eigenvalue weighted by molar-refractivity contribution is 0.591. The Balaban J connectivity index is 1.73. The molecule has 1 aromatic rings. The molecule has 7 heteroatoms. The number of aromatic nitrogens is 1. The summed E-state index contributed by atoms with van der Waals surface area (Å²) in [5.41, 5.74) is 0.533. The van der Waals surface area contributed by atoms with Gasteiger partial charge >= 0.3 is 0 Å². The zero-order valence-corrected chi connectivity index (χ0v) is 13.0. The fourth-order valence-corrected chi connectivity index (χ4v) is 3.37. The topological polar surface area (TPSA) is 71.1 Å². The Labute approximate surface area is 122 Å². The molecule has 1 heterocycles. The summed E-state index contributed by atoms with van der Waals surface area (Å²) in [4.78, 5) is 3.89. The maximum atomic E-state index is 11.9. The van der Waals surface area contributed by atoms with Gasteiger partial charge in [-0.3, -0.25) is 9.71 Å². The Bertz CT molecular complexity index is 517. The van der Waals surface area contributed by atoms with E-state index in [0.717, 1.165) is 13.0 Å². The van der Waals surface area contributed by atoms with Crippen LogP contribution in [0.15, 0.2) is 22.9 Å². The van der Waals surface area contributed by atoms with Gasteiger partial charge < -0.3 is 5.32 Å². The van der Waals surface area contributed by atoms with Crippen LogP contribution < -0.4 is 10.0 Å². The molecule has 0 saturated heterocycles. The fourth-order valence-electron chi connectivity index (χ4n) is 1.69. The van der Waals surface area contributed by atoms with Crippen molar-refractivity contribution in [2.24, 2.45) is 0 Å². The van der Waals surface area contributed by atoms with Crippen molar-refractivity contribution in [3.63, 3.8) is 0 Å². The third-order valence-corrected chi connectivity index (χ3v) is 4.88. The molecule has 19 heavy (non-hydrogen) atoms. The number of rotatable bonds is 8. The van der Waals surface area contributed by atoms with Crippen LogP contribution in [-0.4, -0.2) is 31.7 Å². The molecule has 0 atom stereocenters. The van der Waals surface area contributed by atoms with Crippen LogP contribution in [-0.2, 0) is 10.0 Å². The molecule has 106 valence electrons. The summed E-state index contributed by atoms with van der Waals surface area (Å²) in [6.07, 6.45) is 7.19. The average Bonchev–Trinajstić information content (AvgIpc) is 3.15. The van der Waals surface area contributed by atoms with Gasteiger partial charge in [0, 0.05) is 18.4 Å². The zero-order chi connectivity index (χ0) is 13.7. The van der Waals surface area contributed by atoms with E-state index in [1.54, 1.807) is 18.5 Å². The number of hydrogen-bond acceptors (Lipinski definition) is 4. The van der Waals surface area contributed by atoms with Gasteiger partial charge in [-0.05, 0) is 54.2 Å². The lowest BCUT2D eigenvalue weighted by Gasteiger charge is -2.09. The second kappa shape index (κ2) is 6.67. The molecule has 0 aromatic carbocycles. The molecule has 2 rings (SSSR count). The highest BCUT2D eigenvalue weighted by molar-refractivity contribution is 9.10. The molecule has 0 bridgehead atoms. The van der Waals surface area contributed by atoms with Crippen molar-refractivity contribution in [1.82, 2.24) is 10.3 Å². The number of hydrogen-bond donors (Lipinski definition) is 2. The van der Waals surface area contributed by atoms with Crippen molar-refractivity contribution in [2.75, 3.05) is 17.0 Å². The van der Waals surface area contributed by atoms with Gasteiger partial charge in [-0.25, -0.2) is 8.42 Å². The van der Waals surface area contributed by atoms with Crippen LogP contribution in [0.3, 0.4) is 0 Å². The Hall–Kier alpha value is -0.660. The molecule has 0 radical (unpaired) electrons. The number of sulfonamides is 1. The quantitative estimate of drug-likeness (QED) is 0.706. The number of halogens is 1. The Morgan fingerprint density at radius 3 is 2.84 bits per heavy atom. The molecule has 2 N–H and O–H groups in total. The monoisotopic (exact) mass is 347 g/mol. The molecule has 0 amide bonds. The van der Waals surface area contributed by atoms with Crippen LogP contribution >= 0.6 is 15.9 Å². The van der Waals surface area contributed by atoms with Gasteiger partial charge in [0.25, 0.3) is 0 Å². The first-order valence-corrected chi connectivity index (χ1v) is 8.85. The average molecular weight is 348 g/mol. The van der Waals surface area contributed by atoms with Crippen LogP contribution in [0.5, 0.6) is 0 Å². The van der Waals surface area contributed by atoms with Gasteiger partial charge in [-0.15, -0.1) is 0 Å². The third kappa shape index (κ3) is 5.46. The normalized spacial score (nSPS) is 15.4. The molecule has 1 fully saturated rings. The molecule has 0 aliphatic heterocycles. The van der Waals surface area contributed by atoms with E-state index >= 15 is 0 Å². The smallest absolute Gasteiger partial charge is 0.232 e. The van der Waals surface area contributed by atoms with E-state index in [0.29, 0.717) is 22.6 Å². The maximum Gasteiger partial charge on any atom is 0.232 e. The molecular formula is C12H18BrN3O2S. The van der Waals surface area contributed by atoms with Gasteiger partial charge in [0.15, 0.2) is 0 Å². The summed E-state index contributed by atoms with van der Waals surface area (Å²) in [6, 6.07) is 2.32. The number of nitrogens with one attached hydrogen (secondary N) is 2. The highest BCUT2D eigenvalue weighted by Gasteiger charge is 2.19. The van der Waals surface area contributed by atoms with E-state index in [-0.39, 0.29) is 5.75 Å². The fraction of sp³-hybridized carbons (Fsp3) is 0.583. The Morgan fingerprint density at radius 2 is 2.16 bits per heavy atom. The molecule has 1 aromatic heterocycles. The van der Waals surface area contributed by atoms with Gasteiger partial charge in [0.2, 0.25) is 10.0 Å². The van der Waals surface area contributed by atoms with E-state index in [1.807, 2.05) is 0 Å². The van der Waals surface area contributed by atoms with Crippen LogP contribution in [0.4, 0.5) is 5.69 Å². The predicted molar refractivity (Wildman–Crippen MR) is 79.6 cm³/mol. The second-order valence-electron chi connectivity index (χ2n) is 4.71. The highest BCUT2D eigenvalue weighted by atomic mass is 79.9.